The van der Waals surface area contributed by atoms with Gasteiger partial charge < -0.3 is 15.4 Å². The van der Waals surface area contributed by atoms with E-state index in [1.807, 2.05) is 0 Å². The summed E-state index contributed by atoms with van der Waals surface area (Å²) in [5, 5.41) is 6.04. The Hall–Kier alpha value is -1.19. The number of rotatable bonds is 6. The maximum absolute atomic E-state index is 13.0. The largest absolute Gasteiger partial charge is 0.378 e. The fraction of sp³-hybridized carbons (Fsp3) is 0.632. The highest BCUT2D eigenvalue weighted by molar-refractivity contribution is 7.89. The zero-order valence-corrected chi connectivity index (χ0v) is 17.9. The Kier molecular flexibility index (Phi) is 8.70. The summed E-state index contributed by atoms with van der Waals surface area (Å²) in [5.74, 6) is -0.159. The second-order valence-electron chi connectivity index (χ2n) is 7.32. The third-order valence-electron chi connectivity index (χ3n) is 5.31. The van der Waals surface area contributed by atoms with E-state index in [0.717, 1.165) is 32.2 Å². The number of hydrogen-bond acceptors (Lipinski definition) is 5. The molecule has 0 bridgehead atoms. The van der Waals surface area contributed by atoms with Crippen LogP contribution in [-0.2, 0) is 19.6 Å². The van der Waals surface area contributed by atoms with Crippen molar-refractivity contribution in [2.24, 2.45) is 0 Å². The van der Waals surface area contributed by atoms with Gasteiger partial charge in [-0.1, -0.05) is 25.3 Å². The third kappa shape index (κ3) is 5.90. The number of ether oxygens (including phenoxy) is 1. The van der Waals surface area contributed by atoms with Crippen LogP contribution in [0.25, 0.3) is 0 Å². The average molecular weight is 432 g/mol. The number of benzene rings is 1. The molecule has 0 radical (unpaired) electrons. The molecule has 1 aromatic rings. The van der Waals surface area contributed by atoms with Crippen LogP contribution in [0.1, 0.15) is 38.5 Å². The van der Waals surface area contributed by atoms with Crippen LogP contribution in [-0.4, -0.2) is 57.5 Å². The first-order chi connectivity index (χ1) is 13.0. The molecule has 1 unspecified atom stereocenters. The lowest BCUT2D eigenvalue weighted by Crippen LogP contribution is -2.43. The van der Waals surface area contributed by atoms with Gasteiger partial charge in [0.15, 0.2) is 0 Å². The van der Waals surface area contributed by atoms with Gasteiger partial charge in [-0.25, -0.2) is 8.42 Å². The maximum atomic E-state index is 13.0. The van der Waals surface area contributed by atoms with Gasteiger partial charge in [0, 0.05) is 37.8 Å². The summed E-state index contributed by atoms with van der Waals surface area (Å²) >= 11 is 0. The lowest BCUT2D eigenvalue weighted by Gasteiger charge is -2.30. The average Bonchev–Trinajstić information content (AvgIpc) is 2.69. The molecule has 1 atom stereocenters. The predicted molar refractivity (Wildman–Crippen MR) is 111 cm³/mol. The van der Waals surface area contributed by atoms with Crippen molar-refractivity contribution in [1.29, 1.82) is 0 Å². The Bertz CT molecular complexity index is 747. The van der Waals surface area contributed by atoms with E-state index in [2.05, 4.69) is 10.6 Å². The monoisotopic (exact) mass is 431 g/mol. The zero-order valence-electron chi connectivity index (χ0n) is 16.2. The highest BCUT2D eigenvalue weighted by atomic mass is 35.5. The van der Waals surface area contributed by atoms with Crippen LogP contribution in [0.15, 0.2) is 29.2 Å². The van der Waals surface area contributed by atoms with Crippen molar-refractivity contribution in [3.05, 3.63) is 24.3 Å². The van der Waals surface area contributed by atoms with Crippen LogP contribution in [0, 0.1) is 0 Å². The first-order valence-corrected chi connectivity index (χ1v) is 11.1. The number of hydrogen-bond donors (Lipinski definition) is 2. The van der Waals surface area contributed by atoms with Gasteiger partial charge in [-0.15, -0.1) is 12.4 Å². The Labute approximate surface area is 173 Å². The number of carbonyl (C=O) groups excluding carboxylic acids is 1. The number of sulfonamides is 1. The molecule has 1 aromatic carbocycles. The molecule has 0 spiro atoms. The molecule has 2 fully saturated rings. The van der Waals surface area contributed by atoms with Crippen LogP contribution in [0.4, 0.5) is 5.69 Å². The molecule has 3 rings (SSSR count). The van der Waals surface area contributed by atoms with Crippen LogP contribution in [0.5, 0.6) is 0 Å². The Morgan fingerprint density at radius 2 is 2.04 bits per heavy atom. The van der Waals surface area contributed by atoms with Crippen molar-refractivity contribution in [3.8, 4) is 0 Å². The summed E-state index contributed by atoms with van der Waals surface area (Å²) in [5.41, 5.74) is 0.495. The molecule has 9 heteroatoms. The van der Waals surface area contributed by atoms with Gasteiger partial charge in [0.2, 0.25) is 15.9 Å². The fourth-order valence-corrected chi connectivity index (χ4v) is 5.19. The quantitative estimate of drug-likeness (QED) is 0.722. The number of amides is 1. The van der Waals surface area contributed by atoms with E-state index in [1.54, 1.807) is 25.2 Å². The summed E-state index contributed by atoms with van der Waals surface area (Å²) in [6.07, 6.45) is 5.41. The molecular weight excluding hydrogens is 402 g/mol. The normalized spacial score (nSPS) is 21.1. The second-order valence-corrected chi connectivity index (χ2v) is 9.32. The zero-order chi connectivity index (χ0) is 19.3. The third-order valence-corrected chi connectivity index (χ3v) is 7.22. The summed E-state index contributed by atoms with van der Waals surface area (Å²) < 4.78 is 32.8. The lowest BCUT2D eigenvalue weighted by atomic mass is 9.96. The number of nitrogens with one attached hydrogen (secondary N) is 2. The fourth-order valence-electron chi connectivity index (χ4n) is 3.73. The maximum Gasteiger partial charge on any atom is 0.243 e. The smallest absolute Gasteiger partial charge is 0.243 e. The van der Waals surface area contributed by atoms with E-state index in [9.17, 15) is 13.2 Å². The van der Waals surface area contributed by atoms with Crippen molar-refractivity contribution in [2.75, 3.05) is 32.1 Å². The van der Waals surface area contributed by atoms with Gasteiger partial charge in [-0.2, -0.15) is 4.31 Å². The van der Waals surface area contributed by atoms with E-state index >= 15 is 0 Å². The topological polar surface area (TPSA) is 87.7 Å². The molecule has 1 saturated heterocycles. The second kappa shape index (κ2) is 10.5. The molecule has 7 nitrogen and oxygen atoms in total. The molecule has 2 aliphatic rings. The van der Waals surface area contributed by atoms with Gasteiger partial charge >= 0.3 is 0 Å². The van der Waals surface area contributed by atoms with Crippen molar-refractivity contribution in [1.82, 2.24) is 9.62 Å². The molecule has 2 N–H and O–H groups in total. The Balaban J connectivity index is 0.00000280. The van der Waals surface area contributed by atoms with Gasteiger partial charge in [0.05, 0.1) is 18.1 Å². The van der Waals surface area contributed by atoms with Crippen LogP contribution in [0.2, 0.25) is 0 Å². The number of carbonyl (C=O) groups is 1. The first-order valence-electron chi connectivity index (χ1n) is 9.66. The van der Waals surface area contributed by atoms with E-state index < -0.39 is 10.0 Å². The lowest BCUT2D eigenvalue weighted by molar-refractivity contribution is -0.117. The number of nitrogens with zero attached hydrogens (tertiary/aromatic N) is 1. The standard InChI is InChI=1S/C19H29N3O4S.ClH/c1-22(17-7-3-2-4-8-17)27(24,25)18-9-5-6-15(12-18)21-19(23)13-16-14-26-11-10-20-16;/h5-6,9,12,16-17,20H,2-4,7-8,10-11,13-14H2,1H3,(H,21,23);1H. The van der Waals surface area contributed by atoms with E-state index in [-0.39, 0.29) is 35.3 Å². The first kappa shape index (κ1) is 23.1. The molecule has 158 valence electrons. The molecule has 0 aromatic heterocycles. The highest BCUT2D eigenvalue weighted by Crippen LogP contribution is 2.27. The van der Waals surface area contributed by atoms with Crippen molar-refractivity contribution >= 4 is 34.0 Å². The number of morpholine rings is 1. The van der Waals surface area contributed by atoms with Crippen LogP contribution >= 0.6 is 12.4 Å². The van der Waals surface area contributed by atoms with Gasteiger partial charge in [-0.05, 0) is 31.0 Å². The molecule has 1 amide bonds. The minimum absolute atomic E-state index is 0. The number of anilines is 1. The molecular formula is C19H30ClN3O4S. The van der Waals surface area contributed by atoms with E-state index in [1.165, 1.54) is 16.8 Å². The number of halogens is 1. The molecule has 1 saturated carbocycles. The molecule has 1 aliphatic carbocycles. The van der Waals surface area contributed by atoms with Crippen molar-refractivity contribution in [3.63, 3.8) is 0 Å². The summed E-state index contributed by atoms with van der Waals surface area (Å²) in [6.45, 7) is 1.90. The summed E-state index contributed by atoms with van der Waals surface area (Å²) in [6, 6.07) is 6.54. The minimum Gasteiger partial charge on any atom is -0.378 e. The van der Waals surface area contributed by atoms with Crippen molar-refractivity contribution in [2.45, 2.75) is 55.5 Å². The van der Waals surface area contributed by atoms with E-state index in [0.29, 0.717) is 25.3 Å². The summed E-state index contributed by atoms with van der Waals surface area (Å²) in [7, 11) is -1.92. The van der Waals surface area contributed by atoms with Gasteiger partial charge in [0.25, 0.3) is 0 Å². The molecule has 1 heterocycles. The van der Waals surface area contributed by atoms with Gasteiger partial charge in [-0.3, -0.25) is 4.79 Å². The van der Waals surface area contributed by atoms with Crippen molar-refractivity contribution < 1.29 is 17.9 Å². The molecule has 28 heavy (non-hydrogen) atoms. The molecule has 1 aliphatic heterocycles. The minimum atomic E-state index is -3.57. The van der Waals surface area contributed by atoms with Crippen LogP contribution < -0.4 is 10.6 Å². The Morgan fingerprint density at radius 1 is 1.29 bits per heavy atom. The predicted octanol–water partition coefficient (Wildman–Crippen LogP) is 2.38. The highest BCUT2D eigenvalue weighted by Gasteiger charge is 2.29. The SMILES string of the molecule is CN(C1CCCCC1)S(=O)(=O)c1cccc(NC(=O)CC2COCCN2)c1.Cl. The summed E-state index contributed by atoms with van der Waals surface area (Å²) in [4.78, 5) is 12.5. The van der Waals surface area contributed by atoms with Crippen LogP contribution in [0.3, 0.4) is 0 Å². The van der Waals surface area contributed by atoms with Gasteiger partial charge in [0.1, 0.15) is 0 Å². The van der Waals surface area contributed by atoms with E-state index in [4.69, 9.17) is 4.74 Å². The Morgan fingerprint density at radius 3 is 2.71 bits per heavy atom.